The molecule has 1 aromatic rings. The van der Waals surface area contributed by atoms with E-state index in [4.69, 9.17) is 9.84 Å². The normalized spacial score (nSPS) is 13.9. The summed E-state index contributed by atoms with van der Waals surface area (Å²) in [5.74, 6) is -0.791. The quantitative estimate of drug-likeness (QED) is 0.806. The van der Waals surface area contributed by atoms with Gasteiger partial charge in [0.1, 0.15) is 5.75 Å². The number of methoxy groups -OCH3 is 1. The Morgan fingerprint density at radius 3 is 2.50 bits per heavy atom. The Hall–Kier alpha value is -1.78. The molecule has 88 valence electrons. The van der Waals surface area contributed by atoms with Gasteiger partial charge < -0.3 is 15.2 Å². The van der Waals surface area contributed by atoms with Crippen molar-refractivity contribution in [2.24, 2.45) is 0 Å². The van der Waals surface area contributed by atoms with Crippen LogP contribution < -0.4 is 10.1 Å². The molecule has 4 nitrogen and oxygen atoms in total. The Bertz CT molecular complexity index is 362. The number of hydrogen-bond donors (Lipinski definition) is 2. The molecule has 0 heterocycles. The van der Waals surface area contributed by atoms with Crippen LogP contribution >= 0.6 is 0 Å². The summed E-state index contributed by atoms with van der Waals surface area (Å²) in [6, 6.07) is 6.80. The maximum Gasteiger partial charge on any atom is 0.343 e. The standard InChI is InChI=1S/C11H14FNO3/c1-11(12,10(14)15)7-13-8-3-5-9(16-2)6-4-8/h3-6,13H,7H2,1-2H3,(H,14,15). The number of carboxylic acid groups (broad SMARTS) is 1. The zero-order valence-electron chi connectivity index (χ0n) is 9.16. The van der Waals surface area contributed by atoms with Gasteiger partial charge in [0.05, 0.1) is 13.7 Å². The van der Waals surface area contributed by atoms with E-state index in [2.05, 4.69) is 5.32 Å². The molecule has 5 heteroatoms. The lowest BCUT2D eigenvalue weighted by Crippen LogP contribution is -2.37. The second kappa shape index (κ2) is 4.83. The van der Waals surface area contributed by atoms with E-state index >= 15 is 0 Å². The van der Waals surface area contributed by atoms with Crippen molar-refractivity contribution in [3.05, 3.63) is 24.3 Å². The number of aliphatic carboxylic acids is 1. The van der Waals surface area contributed by atoms with Crippen LogP contribution in [0.5, 0.6) is 5.75 Å². The number of rotatable bonds is 5. The first kappa shape index (κ1) is 12.3. The van der Waals surface area contributed by atoms with Crippen LogP contribution in [0.3, 0.4) is 0 Å². The van der Waals surface area contributed by atoms with Gasteiger partial charge in [-0.05, 0) is 31.2 Å². The maximum atomic E-state index is 13.4. The van der Waals surface area contributed by atoms with Crippen molar-refractivity contribution in [2.45, 2.75) is 12.6 Å². The lowest BCUT2D eigenvalue weighted by atomic mass is 10.1. The third-order valence-corrected chi connectivity index (χ3v) is 2.16. The van der Waals surface area contributed by atoms with Crippen LogP contribution in [0.2, 0.25) is 0 Å². The molecule has 0 fully saturated rings. The molecule has 0 bridgehead atoms. The first-order valence-electron chi connectivity index (χ1n) is 4.76. The van der Waals surface area contributed by atoms with Crippen molar-refractivity contribution >= 4 is 11.7 Å². The maximum absolute atomic E-state index is 13.4. The van der Waals surface area contributed by atoms with Gasteiger partial charge in [0.2, 0.25) is 5.67 Å². The van der Waals surface area contributed by atoms with E-state index in [9.17, 15) is 9.18 Å². The van der Waals surface area contributed by atoms with Crippen LogP contribution in [0.15, 0.2) is 24.3 Å². The van der Waals surface area contributed by atoms with Gasteiger partial charge in [-0.25, -0.2) is 9.18 Å². The predicted octanol–water partition coefficient (Wildman–Crippen LogP) is 1.92. The highest BCUT2D eigenvalue weighted by Crippen LogP contribution is 2.17. The molecule has 0 aliphatic carbocycles. The third-order valence-electron chi connectivity index (χ3n) is 2.16. The first-order valence-corrected chi connectivity index (χ1v) is 4.76. The minimum absolute atomic E-state index is 0.283. The summed E-state index contributed by atoms with van der Waals surface area (Å²) in [6.07, 6.45) is 0. The summed E-state index contributed by atoms with van der Waals surface area (Å²) in [4.78, 5) is 10.5. The van der Waals surface area contributed by atoms with E-state index in [1.807, 2.05) is 0 Å². The monoisotopic (exact) mass is 227 g/mol. The number of anilines is 1. The Balaban J connectivity index is 2.58. The zero-order valence-corrected chi connectivity index (χ0v) is 9.16. The van der Waals surface area contributed by atoms with E-state index in [0.29, 0.717) is 11.4 Å². The molecule has 0 amide bonds. The van der Waals surface area contributed by atoms with Gasteiger partial charge in [-0.1, -0.05) is 0 Å². The second-order valence-corrected chi connectivity index (χ2v) is 3.58. The van der Waals surface area contributed by atoms with Crippen LogP contribution in [-0.4, -0.2) is 30.4 Å². The molecule has 1 rings (SSSR count). The number of nitrogens with one attached hydrogen (secondary N) is 1. The summed E-state index contributed by atoms with van der Waals surface area (Å²) in [6.45, 7) is 0.737. The van der Waals surface area contributed by atoms with Gasteiger partial charge in [0, 0.05) is 5.69 Å². The average Bonchev–Trinajstić information content (AvgIpc) is 2.27. The molecule has 0 aliphatic rings. The van der Waals surface area contributed by atoms with E-state index < -0.39 is 11.6 Å². The Labute approximate surface area is 93.0 Å². The van der Waals surface area contributed by atoms with E-state index in [0.717, 1.165) is 6.92 Å². The Morgan fingerprint density at radius 1 is 1.50 bits per heavy atom. The number of carbonyl (C=O) groups is 1. The van der Waals surface area contributed by atoms with Crippen LogP contribution in [-0.2, 0) is 4.79 Å². The van der Waals surface area contributed by atoms with Gasteiger partial charge in [0.15, 0.2) is 0 Å². The summed E-state index contributed by atoms with van der Waals surface area (Å²) in [5.41, 5.74) is -1.63. The Morgan fingerprint density at radius 2 is 2.06 bits per heavy atom. The highest BCUT2D eigenvalue weighted by molar-refractivity contribution is 5.77. The van der Waals surface area contributed by atoms with Gasteiger partial charge in [-0.3, -0.25) is 0 Å². The molecular formula is C11H14FNO3. The highest BCUT2D eigenvalue weighted by Gasteiger charge is 2.32. The molecule has 1 unspecified atom stereocenters. The number of hydrogen-bond acceptors (Lipinski definition) is 3. The third kappa shape index (κ3) is 3.12. The van der Waals surface area contributed by atoms with Crippen molar-refractivity contribution in [1.82, 2.24) is 0 Å². The molecule has 2 N–H and O–H groups in total. The average molecular weight is 227 g/mol. The summed E-state index contributed by atoms with van der Waals surface area (Å²) in [5, 5.41) is 11.3. The fourth-order valence-electron chi connectivity index (χ4n) is 1.05. The van der Waals surface area contributed by atoms with Gasteiger partial charge in [0.25, 0.3) is 0 Å². The largest absolute Gasteiger partial charge is 0.497 e. The zero-order chi connectivity index (χ0) is 12.2. The van der Waals surface area contributed by atoms with Gasteiger partial charge in [-0.2, -0.15) is 0 Å². The van der Waals surface area contributed by atoms with Crippen molar-refractivity contribution < 1.29 is 19.0 Å². The van der Waals surface area contributed by atoms with Crippen LogP contribution in [0, 0.1) is 0 Å². The van der Waals surface area contributed by atoms with E-state index in [1.165, 1.54) is 0 Å². The topological polar surface area (TPSA) is 58.6 Å². The highest BCUT2D eigenvalue weighted by atomic mass is 19.1. The summed E-state index contributed by atoms with van der Waals surface area (Å²) >= 11 is 0. The summed E-state index contributed by atoms with van der Waals surface area (Å²) < 4.78 is 18.3. The molecule has 1 aromatic carbocycles. The molecule has 16 heavy (non-hydrogen) atoms. The SMILES string of the molecule is COc1ccc(NCC(C)(F)C(=O)O)cc1. The number of halogens is 1. The minimum atomic E-state index is -2.28. The molecule has 1 atom stereocenters. The molecule has 0 saturated heterocycles. The lowest BCUT2D eigenvalue weighted by molar-refractivity contribution is -0.148. The first-order chi connectivity index (χ1) is 7.45. The fraction of sp³-hybridized carbons (Fsp3) is 0.364. The molecular weight excluding hydrogens is 213 g/mol. The van der Waals surface area contributed by atoms with Crippen LogP contribution in [0.4, 0.5) is 10.1 Å². The van der Waals surface area contributed by atoms with Crippen LogP contribution in [0.25, 0.3) is 0 Å². The second-order valence-electron chi connectivity index (χ2n) is 3.58. The predicted molar refractivity (Wildman–Crippen MR) is 58.6 cm³/mol. The number of alkyl halides is 1. The number of carboxylic acids is 1. The number of ether oxygens (including phenoxy) is 1. The lowest BCUT2D eigenvalue weighted by Gasteiger charge is -2.16. The molecule has 0 aromatic heterocycles. The van der Waals surface area contributed by atoms with Crippen molar-refractivity contribution in [3.63, 3.8) is 0 Å². The number of benzene rings is 1. The summed E-state index contributed by atoms with van der Waals surface area (Å²) in [7, 11) is 1.55. The van der Waals surface area contributed by atoms with Crippen molar-refractivity contribution in [2.75, 3.05) is 19.0 Å². The smallest absolute Gasteiger partial charge is 0.343 e. The fourth-order valence-corrected chi connectivity index (χ4v) is 1.05. The van der Waals surface area contributed by atoms with E-state index in [-0.39, 0.29) is 6.54 Å². The molecule has 0 spiro atoms. The molecule has 0 saturated carbocycles. The molecule has 0 radical (unpaired) electrons. The minimum Gasteiger partial charge on any atom is -0.497 e. The molecule has 0 aliphatic heterocycles. The van der Waals surface area contributed by atoms with Crippen molar-refractivity contribution in [3.8, 4) is 5.75 Å². The Kier molecular flexibility index (Phi) is 3.71. The van der Waals surface area contributed by atoms with E-state index in [1.54, 1.807) is 31.4 Å². The van der Waals surface area contributed by atoms with Crippen LogP contribution in [0.1, 0.15) is 6.92 Å². The van der Waals surface area contributed by atoms with Gasteiger partial charge >= 0.3 is 5.97 Å². The van der Waals surface area contributed by atoms with Gasteiger partial charge in [-0.15, -0.1) is 0 Å². The van der Waals surface area contributed by atoms with Crippen molar-refractivity contribution in [1.29, 1.82) is 0 Å².